The number of ether oxygens (including phenoxy) is 1. The van der Waals surface area contributed by atoms with E-state index in [1.807, 2.05) is 0 Å². The minimum atomic E-state index is -0.463. The minimum Gasteiger partial charge on any atom is -0.469 e. The summed E-state index contributed by atoms with van der Waals surface area (Å²) in [6.07, 6.45) is 3.02. The lowest BCUT2D eigenvalue weighted by Gasteiger charge is -2.31. The maximum Gasteiger partial charge on any atom is 0.312 e. The van der Waals surface area contributed by atoms with Crippen molar-refractivity contribution in [1.29, 1.82) is 0 Å². The molecule has 1 fully saturated rings. The summed E-state index contributed by atoms with van der Waals surface area (Å²) in [5.74, 6) is -0.250. The summed E-state index contributed by atoms with van der Waals surface area (Å²) in [6.45, 7) is 1.03. The van der Waals surface area contributed by atoms with E-state index < -0.39 is 4.92 Å². The number of carbonyl (C=O) groups is 1. The lowest BCUT2D eigenvalue weighted by Crippen LogP contribution is -2.39. The number of hydrogen-bond acceptors (Lipinski definition) is 6. The summed E-state index contributed by atoms with van der Waals surface area (Å²) in [7, 11) is 1.35. The molecule has 108 valence electrons. The third-order valence-corrected chi connectivity index (χ3v) is 3.70. The maximum atomic E-state index is 11.6. The van der Waals surface area contributed by atoms with Gasteiger partial charge in [0.1, 0.15) is 0 Å². The second kappa shape index (κ2) is 6.17. The molecule has 2 heterocycles. The van der Waals surface area contributed by atoms with E-state index in [-0.39, 0.29) is 17.6 Å². The van der Waals surface area contributed by atoms with Gasteiger partial charge in [0, 0.05) is 29.8 Å². The Kier molecular flexibility index (Phi) is 4.53. The van der Waals surface area contributed by atoms with Gasteiger partial charge in [-0.05, 0) is 28.8 Å². The number of pyridine rings is 1. The summed E-state index contributed by atoms with van der Waals surface area (Å²) in [4.78, 5) is 28.2. The number of carbonyl (C=O) groups excluding carboxylic acids is 1. The van der Waals surface area contributed by atoms with Crippen molar-refractivity contribution in [2.75, 3.05) is 25.1 Å². The Morgan fingerprint density at radius 3 is 3.05 bits per heavy atom. The number of anilines is 1. The Hall–Kier alpha value is -1.70. The van der Waals surface area contributed by atoms with Crippen LogP contribution in [-0.2, 0) is 9.53 Å². The van der Waals surface area contributed by atoms with E-state index >= 15 is 0 Å². The van der Waals surface area contributed by atoms with Crippen molar-refractivity contribution >= 4 is 33.4 Å². The largest absolute Gasteiger partial charge is 0.469 e. The van der Waals surface area contributed by atoms with Crippen molar-refractivity contribution in [1.82, 2.24) is 4.98 Å². The predicted molar refractivity (Wildman–Crippen MR) is 75.5 cm³/mol. The Balaban J connectivity index is 2.27. The molecule has 1 atom stereocenters. The van der Waals surface area contributed by atoms with Crippen LogP contribution in [-0.4, -0.2) is 36.1 Å². The number of rotatable bonds is 3. The van der Waals surface area contributed by atoms with Crippen LogP contribution in [0.5, 0.6) is 0 Å². The van der Waals surface area contributed by atoms with Gasteiger partial charge in [-0.25, -0.2) is 4.98 Å². The molecule has 0 saturated carbocycles. The minimum absolute atomic E-state index is 0.0649. The van der Waals surface area contributed by atoms with E-state index in [1.54, 1.807) is 4.90 Å². The van der Waals surface area contributed by atoms with Gasteiger partial charge in [0.2, 0.25) is 5.82 Å². The Labute approximate surface area is 124 Å². The van der Waals surface area contributed by atoms with Gasteiger partial charge in [0.05, 0.1) is 18.0 Å². The molecule has 1 aliphatic heterocycles. The Morgan fingerprint density at radius 1 is 1.65 bits per heavy atom. The molecule has 20 heavy (non-hydrogen) atoms. The van der Waals surface area contributed by atoms with Crippen molar-refractivity contribution < 1.29 is 14.5 Å². The fraction of sp³-hybridized carbons (Fsp3) is 0.500. The van der Waals surface area contributed by atoms with Gasteiger partial charge in [0.25, 0.3) is 0 Å². The highest BCUT2D eigenvalue weighted by Gasteiger charge is 2.30. The van der Waals surface area contributed by atoms with Crippen LogP contribution >= 0.6 is 15.9 Å². The molecule has 0 bridgehead atoms. The highest BCUT2D eigenvalue weighted by atomic mass is 79.9. The smallest absolute Gasteiger partial charge is 0.312 e. The molecular formula is C12H14BrN3O4. The van der Waals surface area contributed by atoms with Gasteiger partial charge < -0.3 is 9.64 Å². The first-order chi connectivity index (χ1) is 9.52. The van der Waals surface area contributed by atoms with Crippen LogP contribution in [0.15, 0.2) is 16.7 Å². The standard InChI is InChI=1S/C12H14BrN3O4/c1-20-12(17)8-3-2-4-15(7-8)11-10(16(18)19)5-9(13)6-14-11/h5-6,8H,2-4,7H2,1H3. The maximum absolute atomic E-state index is 11.6. The van der Waals surface area contributed by atoms with Crippen molar-refractivity contribution in [2.24, 2.45) is 5.92 Å². The highest BCUT2D eigenvalue weighted by molar-refractivity contribution is 9.10. The third kappa shape index (κ3) is 3.06. The number of hydrogen-bond donors (Lipinski definition) is 0. The Bertz CT molecular complexity index is 537. The number of methoxy groups -OCH3 is 1. The zero-order chi connectivity index (χ0) is 14.7. The van der Waals surface area contributed by atoms with E-state index in [9.17, 15) is 14.9 Å². The average molecular weight is 344 g/mol. The van der Waals surface area contributed by atoms with Crippen molar-refractivity contribution in [2.45, 2.75) is 12.8 Å². The Morgan fingerprint density at radius 2 is 2.40 bits per heavy atom. The molecule has 8 heteroatoms. The highest BCUT2D eigenvalue weighted by Crippen LogP contribution is 2.31. The SMILES string of the molecule is COC(=O)C1CCCN(c2ncc(Br)cc2[N+](=O)[O-])C1. The summed E-state index contributed by atoms with van der Waals surface area (Å²) in [5.41, 5.74) is -0.0649. The van der Waals surface area contributed by atoms with Crippen LogP contribution < -0.4 is 4.90 Å². The lowest BCUT2D eigenvalue weighted by molar-refractivity contribution is -0.384. The molecule has 0 aliphatic carbocycles. The van der Waals surface area contributed by atoms with Gasteiger partial charge in [-0.2, -0.15) is 0 Å². The summed E-state index contributed by atoms with van der Waals surface area (Å²) < 4.78 is 5.29. The van der Waals surface area contributed by atoms with E-state index in [0.29, 0.717) is 23.4 Å². The molecule has 1 saturated heterocycles. The molecule has 1 aliphatic rings. The first-order valence-corrected chi connectivity index (χ1v) is 6.95. The molecule has 0 spiro atoms. The molecule has 0 amide bonds. The van der Waals surface area contributed by atoms with E-state index in [1.165, 1.54) is 19.4 Å². The van der Waals surface area contributed by atoms with Gasteiger partial charge in [-0.15, -0.1) is 0 Å². The number of halogens is 1. The first-order valence-electron chi connectivity index (χ1n) is 6.15. The van der Waals surface area contributed by atoms with Crippen LogP contribution in [0.4, 0.5) is 11.5 Å². The number of nitrogens with zero attached hydrogens (tertiary/aromatic N) is 3. The molecule has 0 aromatic carbocycles. The van der Waals surface area contributed by atoms with Gasteiger partial charge in [-0.1, -0.05) is 0 Å². The quantitative estimate of drug-likeness (QED) is 0.474. The zero-order valence-corrected chi connectivity index (χ0v) is 12.5. The fourth-order valence-corrected chi connectivity index (χ4v) is 2.65. The molecule has 7 nitrogen and oxygen atoms in total. The molecule has 0 N–H and O–H groups in total. The van der Waals surface area contributed by atoms with E-state index in [4.69, 9.17) is 4.74 Å². The molecule has 2 rings (SSSR count). The first kappa shape index (κ1) is 14.7. The van der Waals surface area contributed by atoms with Gasteiger partial charge in [-0.3, -0.25) is 14.9 Å². The fourth-order valence-electron chi connectivity index (χ4n) is 2.33. The van der Waals surface area contributed by atoms with Crippen molar-refractivity contribution in [3.8, 4) is 0 Å². The van der Waals surface area contributed by atoms with Crippen LogP contribution in [0.1, 0.15) is 12.8 Å². The van der Waals surface area contributed by atoms with Crippen LogP contribution in [0, 0.1) is 16.0 Å². The van der Waals surface area contributed by atoms with Crippen LogP contribution in [0.3, 0.4) is 0 Å². The molecule has 0 radical (unpaired) electrons. The lowest BCUT2D eigenvalue weighted by atomic mass is 9.98. The van der Waals surface area contributed by atoms with Crippen LogP contribution in [0.25, 0.3) is 0 Å². The summed E-state index contributed by atoms with van der Waals surface area (Å²) >= 11 is 3.18. The topological polar surface area (TPSA) is 85.6 Å². The third-order valence-electron chi connectivity index (χ3n) is 3.27. The second-order valence-corrected chi connectivity index (χ2v) is 5.48. The number of esters is 1. The number of aromatic nitrogens is 1. The monoisotopic (exact) mass is 343 g/mol. The van der Waals surface area contributed by atoms with Crippen molar-refractivity contribution in [3.05, 3.63) is 26.9 Å². The van der Waals surface area contributed by atoms with Gasteiger partial charge >= 0.3 is 11.7 Å². The number of piperidine rings is 1. The predicted octanol–water partition coefficient (Wildman–Crippen LogP) is 2.14. The second-order valence-electron chi connectivity index (χ2n) is 4.56. The summed E-state index contributed by atoms with van der Waals surface area (Å²) in [6, 6.07) is 1.42. The molecular weight excluding hydrogens is 330 g/mol. The van der Waals surface area contributed by atoms with Gasteiger partial charge in [0.15, 0.2) is 0 Å². The van der Waals surface area contributed by atoms with E-state index in [0.717, 1.165) is 12.8 Å². The van der Waals surface area contributed by atoms with Crippen LogP contribution in [0.2, 0.25) is 0 Å². The summed E-state index contributed by atoms with van der Waals surface area (Å²) in [5, 5.41) is 11.1. The molecule has 1 aromatic rings. The normalized spacial score (nSPS) is 18.7. The molecule has 1 aromatic heterocycles. The zero-order valence-electron chi connectivity index (χ0n) is 10.9. The van der Waals surface area contributed by atoms with Crippen molar-refractivity contribution in [3.63, 3.8) is 0 Å². The number of nitro groups is 1. The molecule has 1 unspecified atom stereocenters. The van der Waals surface area contributed by atoms with E-state index in [2.05, 4.69) is 20.9 Å². The average Bonchev–Trinajstić information content (AvgIpc) is 2.46.